The van der Waals surface area contributed by atoms with Gasteiger partial charge in [0.2, 0.25) is 0 Å². The zero-order valence-electron chi connectivity index (χ0n) is 10.3. The van der Waals surface area contributed by atoms with Crippen molar-refractivity contribution in [1.29, 1.82) is 0 Å². The van der Waals surface area contributed by atoms with Crippen LogP contribution in [0.4, 0.5) is 4.79 Å². The molecule has 0 saturated carbocycles. The number of carbonyl (C=O) groups excluding carboxylic acids is 1. The maximum atomic E-state index is 11.7. The van der Waals surface area contributed by atoms with Crippen molar-refractivity contribution in [3.8, 4) is 0 Å². The number of urea groups is 1. The molecule has 0 aliphatic carbocycles. The first-order valence-corrected chi connectivity index (χ1v) is 7.13. The molecule has 7 heteroatoms. The SMILES string of the molecule is CN(CCC(=O)O)C(=O)NCc1cc(Br)ccc1Br. The van der Waals surface area contributed by atoms with Gasteiger partial charge in [-0.15, -0.1) is 0 Å². The number of carboxylic acids is 1. The van der Waals surface area contributed by atoms with Gasteiger partial charge in [0, 0.05) is 29.1 Å². The fourth-order valence-corrected chi connectivity index (χ4v) is 2.14. The highest BCUT2D eigenvalue weighted by molar-refractivity contribution is 9.11. The van der Waals surface area contributed by atoms with E-state index in [0.717, 1.165) is 14.5 Å². The van der Waals surface area contributed by atoms with Crippen LogP contribution >= 0.6 is 31.9 Å². The van der Waals surface area contributed by atoms with Crippen molar-refractivity contribution in [2.75, 3.05) is 13.6 Å². The molecule has 0 heterocycles. The van der Waals surface area contributed by atoms with Crippen LogP contribution in [0.2, 0.25) is 0 Å². The number of carboxylic acid groups (broad SMARTS) is 1. The number of carbonyl (C=O) groups is 2. The molecule has 2 N–H and O–H groups in total. The van der Waals surface area contributed by atoms with Crippen LogP contribution in [-0.2, 0) is 11.3 Å². The Morgan fingerprint density at radius 2 is 2.05 bits per heavy atom. The van der Waals surface area contributed by atoms with Gasteiger partial charge in [0.25, 0.3) is 0 Å². The molecule has 0 spiro atoms. The molecule has 1 rings (SSSR count). The number of benzene rings is 1. The van der Waals surface area contributed by atoms with Crippen LogP contribution in [0.3, 0.4) is 0 Å². The Bertz CT molecular complexity index is 480. The molecule has 2 amide bonds. The van der Waals surface area contributed by atoms with Gasteiger partial charge in [0.05, 0.1) is 6.42 Å². The van der Waals surface area contributed by atoms with Crippen LogP contribution in [-0.4, -0.2) is 35.6 Å². The Hall–Kier alpha value is -1.08. The largest absolute Gasteiger partial charge is 0.481 e. The summed E-state index contributed by atoms with van der Waals surface area (Å²) in [6, 6.07) is 5.39. The van der Waals surface area contributed by atoms with Gasteiger partial charge in [-0.1, -0.05) is 31.9 Å². The van der Waals surface area contributed by atoms with Crippen LogP contribution < -0.4 is 5.32 Å². The number of aliphatic carboxylic acids is 1. The molecular weight excluding hydrogens is 380 g/mol. The number of hydrogen-bond acceptors (Lipinski definition) is 2. The van der Waals surface area contributed by atoms with Gasteiger partial charge in [-0.3, -0.25) is 4.79 Å². The normalized spacial score (nSPS) is 10.1. The number of hydrogen-bond donors (Lipinski definition) is 2. The minimum atomic E-state index is -0.922. The zero-order chi connectivity index (χ0) is 14.4. The topological polar surface area (TPSA) is 69.6 Å². The van der Waals surface area contributed by atoms with Crippen LogP contribution in [0, 0.1) is 0 Å². The second-order valence-corrected chi connectivity index (χ2v) is 5.73. The van der Waals surface area contributed by atoms with E-state index in [1.807, 2.05) is 18.2 Å². The minimum Gasteiger partial charge on any atom is -0.481 e. The molecule has 0 atom stereocenters. The molecule has 104 valence electrons. The summed E-state index contributed by atoms with van der Waals surface area (Å²) < 4.78 is 1.84. The van der Waals surface area contributed by atoms with Gasteiger partial charge in [-0.25, -0.2) is 4.79 Å². The summed E-state index contributed by atoms with van der Waals surface area (Å²) in [5.74, 6) is -0.922. The maximum Gasteiger partial charge on any atom is 0.317 e. The van der Waals surface area contributed by atoms with Crippen molar-refractivity contribution in [2.45, 2.75) is 13.0 Å². The third kappa shape index (κ3) is 5.61. The highest BCUT2D eigenvalue weighted by Crippen LogP contribution is 2.21. The lowest BCUT2D eigenvalue weighted by Gasteiger charge is -2.17. The number of amides is 2. The van der Waals surface area contributed by atoms with Crippen LogP contribution in [0.5, 0.6) is 0 Å². The number of nitrogens with one attached hydrogen (secondary N) is 1. The summed E-state index contributed by atoms with van der Waals surface area (Å²) in [7, 11) is 1.56. The third-order valence-electron chi connectivity index (χ3n) is 2.45. The fourth-order valence-electron chi connectivity index (χ4n) is 1.35. The number of rotatable bonds is 5. The molecule has 0 aromatic heterocycles. The molecule has 1 aromatic carbocycles. The van der Waals surface area contributed by atoms with Gasteiger partial charge < -0.3 is 15.3 Å². The van der Waals surface area contributed by atoms with Crippen LogP contribution in [0.1, 0.15) is 12.0 Å². The maximum absolute atomic E-state index is 11.7. The lowest BCUT2D eigenvalue weighted by Crippen LogP contribution is -2.38. The van der Waals surface area contributed by atoms with E-state index in [4.69, 9.17) is 5.11 Å². The first kappa shape index (κ1) is 16.0. The van der Waals surface area contributed by atoms with Crippen molar-refractivity contribution in [1.82, 2.24) is 10.2 Å². The van der Waals surface area contributed by atoms with Crippen molar-refractivity contribution in [3.63, 3.8) is 0 Å². The smallest absolute Gasteiger partial charge is 0.317 e. The minimum absolute atomic E-state index is 0.0650. The molecule has 1 aromatic rings. The van der Waals surface area contributed by atoms with Crippen LogP contribution in [0.15, 0.2) is 27.1 Å². The average Bonchev–Trinajstić information content (AvgIpc) is 2.36. The van der Waals surface area contributed by atoms with Gasteiger partial charge in [0.15, 0.2) is 0 Å². The molecule has 0 radical (unpaired) electrons. The van der Waals surface area contributed by atoms with Gasteiger partial charge in [0.1, 0.15) is 0 Å². The summed E-state index contributed by atoms with van der Waals surface area (Å²) in [5.41, 5.74) is 0.939. The molecule has 5 nitrogen and oxygen atoms in total. The Kier molecular flexibility index (Phi) is 6.30. The zero-order valence-corrected chi connectivity index (χ0v) is 13.5. The first-order chi connectivity index (χ1) is 8.90. The molecule has 0 saturated heterocycles. The molecule has 0 aliphatic heterocycles. The summed E-state index contributed by atoms with van der Waals surface area (Å²) in [6.07, 6.45) is -0.0650. The highest BCUT2D eigenvalue weighted by atomic mass is 79.9. The summed E-state index contributed by atoms with van der Waals surface area (Å²) in [6.45, 7) is 0.553. The molecule has 0 fully saturated rings. The second-order valence-electron chi connectivity index (χ2n) is 3.96. The number of nitrogens with zero attached hydrogens (tertiary/aromatic N) is 1. The Labute approximate surface area is 128 Å². The fraction of sp³-hybridized carbons (Fsp3) is 0.333. The van der Waals surface area contributed by atoms with Crippen molar-refractivity contribution in [3.05, 3.63) is 32.7 Å². The molecule has 0 bridgehead atoms. The Balaban J connectivity index is 2.49. The van der Waals surface area contributed by atoms with Gasteiger partial charge in [-0.05, 0) is 23.8 Å². The lowest BCUT2D eigenvalue weighted by atomic mass is 10.2. The van der Waals surface area contributed by atoms with Crippen molar-refractivity contribution in [2.24, 2.45) is 0 Å². The molecule has 0 aliphatic rings. The van der Waals surface area contributed by atoms with Crippen LogP contribution in [0.25, 0.3) is 0 Å². The average molecular weight is 394 g/mol. The van der Waals surface area contributed by atoms with E-state index in [9.17, 15) is 9.59 Å². The summed E-state index contributed by atoms with van der Waals surface area (Å²) >= 11 is 6.77. The third-order valence-corrected chi connectivity index (χ3v) is 3.71. The Morgan fingerprint density at radius 3 is 2.68 bits per heavy atom. The van der Waals surface area contributed by atoms with E-state index in [1.165, 1.54) is 4.90 Å². The Morgan fingerprint density at radius 1 is 1.37 bits per heavy atom. The highest BCUT2D eigenvalue weighted by Gasteiger charge is 2.10. The predicted molar refractivity (Wildman–Crippen MR) is 79.0 cm³/mol. The molecule has 0 unspecified atom stereocenters. The monoisotopic (exact) mass is 392 g/mol. The summed E-state index contributed by atoms with van der Waals surface area (Å²) in [4.78, 5) is 23.5. The van der Waals surface area contributed by atoms with E-state index in [-0.39, 0.29) is 19.0 Å². The lowest BCUT2D eigenvalue weighted by molar-refractivity contribution is -0.137. The van der Waals surface area contributed by atoms with E-state index >= 15 is 0 Å². The van der Waals surface area contributed by atoms with E-state index in [1.54, 1.807) is 7.05 Å². The predicted octanol–water partition coefficient (Wildman–Crippen LogP) is 2.83. The van der Waals surface area contributed by atoms with Gasteiger partial charge in [-0.2, -0.15) is 0 Å². The van der Waals surface area contributed by atoms with Gasteiger partial charge >= 0.3 is 12.0 Å². The first-order valence-electron chi connectivity index (χ1n) is 5.55. The van der Waals surface area contributed by atoms with E-state index in [0.29, 0.717) is 6.54 Å². The van der Waals surface area contributed by atoms with E-state index < -0.39 is 5.97 Å². The standard InChI is InChI=1S/C12H14Br2N2O3/c1-16(5-4-11(17)18)12(19)15-7-8-6-9(13)2-3-10(8)14/h2-3,6H,4-5,7H2,1H3,(H,15,19)(H,17,18). The quantitative estimate of drug-likeness (QED) is 0.807. The molecule has 19 heavy (non-hydrogen) atoms. The summed E-state index contributed by atoms with van der Waals surface area (Å²) in [5, 5.41) is 11.3. The van der Waals surface area contributed by atoms with Crippen molar-refractivity contribution < 1.29 is 14.7 Å². The molecular formula is C12H14Br2N2O3. The van der Waals surface area contributed by atoms with Crippen molar-refractivity contribution >= 4 is 43.9 Å². The number of halogens is 2. The second kappa shape index (κ2) is 7.49. The van der Waals surface area contributed by atoms with E-state index in [2.05, 4.69) is 37.2 Å².